The van der Waals surface area contributed by atoms with Gasteiger partial charge in [-0.1, -0.05) is 29.8 Å². The van der Waals surface area contributed by atoms with Crippen molar-refractivity contribution in [3.05, 3.63) is 52.9 Å². The molecule has 0 fully saturated rings. The van der Waals surface area contributed by atoms with Crippen LogP contribution in [0.25, 0.3) is 16.9 Å². The van der Waals surface area contributed by atoms with Gasteiger partial charge in [0, 0.05) is 18.5 Å². The van der Waals surface area contributed by atoms with Crippen LogP contribution in [0.2, 0.25) is 5.02 Å². The van der Waals surface area contributed by atoms with Gasteiger partial charge in [0.2, 0.25) is 0 Å². The van der Waals surface area contributed by atoms with Gasteiger partial charge >= 0.3 is 0 Å². The van der Waals surface area contributed by atoms with Gasteiger partial charge in [0.1, 0.15) is 11.3 Å². The van der Waals surface area contributed by atoms with E-state index in [1.807, 2.05) is 18.2 Å². The number of pyridine rings is 1. The molecular formula is C15H13Cl2N3. The molecule has 0 aliphatic rings. The maximum atomic E-state index is 6.00. The molecule has 3 aromatic rings. The SMILES string of the molecule is Cc1ccccc1-n1c(CCCl)nc2cc(Cl)cnc21. The number of halogens is 2. The summed E-state index contributed by atoms with van der Waals surface area (Å²) < 4.78 is 2.06. The van der Waals surface area contributed by atoms with Gasteiger partial charge in [-0.2, -0.15) is 0 Å². The summed E-state index contributed by atoms with van der Waals surface area (Å²) in [6.45, 7) is 2.07. The highest BCUT2D eigenvalue weighted by Gasteiger charge is 2.14. The summed E-state index contributed by atoms with van der Waals surface area (Å²) in [5.74, 6) is 1.42. The van der Waals surface area contributed by atoms with E-state index in [1.54, 1.807) is 6.20 Å². The molecule has 1 aromatic carbocycles. The standard InChI is InChI=1S/C15H13Cl2N3/c1-10-4-2-3-5-13(10)20-14(6-7-16)19-12-8-11(17)9-18-15(12)20/h2-5,8-9H,6-7H2,1H3. The van der Waals surface area contributed by atoms with Crippen LogP contribution in [0, 0.1) is 6.92 Å². The molecule has 0 aliphatic carbocycles. The van der Waals surface area contributed by atoms with Crippen molar-refractivity contribution in [2.24, 2.45) is 0 Å². The maximum absolute atomic E-state index is 6.00. The Morgan fingerprint density at radius 3 is 2.80 bits per heavy atom. The Morgan fingerprint density at radius 2 is 2.05 bits per heavy atom. The third-order valence-corrected chi connectivity index (χ3v) is 3.60. The van der Waals surface area contributed by atoms with Gasteiger partial charge < -0.3 is 0 Å². The summed E-state index contributed by atoms with van der Waals surface area (Å²) in [5.41, 5.74) is 3.84. The minimum absolute atomic E-state index is 0.517. The monoisotopic (exact) mass is 305 g/mol. The molecule has 0 aliphatic heterocycles. The zero-order chi connectivity index (χ0) is 14.1. The van der Waals surface area contributed by atoms with Gasteiger partial charge in [0.25, 0.3) is 0 Å². The van der Waals surface area contributed by atoms with E-state index in [9.17, 15) is 0 Å². The van der Waals surface area contributed by atoms with Crippen molar-refractivity contribution >= 4 is 34.4 Å². The molecule has 102 valence electrons. The Labute approximate surface area is 127 Å². The number of benzene rings is 1. The van der Waals surface area contributed by atoms with E-state index in [0.717, 1.165) is 22.7 Å². The van der Waals surface area contributed by atoms with Crippen LogP contribution in [-0.4, -0.2) is 20.4 Å². The fourth-order valence-electron chi connectivity index (χ4n) is 2.31. The van der Waals surface area contributed by atoms with E-state index in [1.165, 1.54) is 5.56 Å². The second-order valence-corrected chi connectivity index (χ2v) is 5.40. The average molecular weight is 306 g/mol. The smallest absolute Gasteiger partial charge is 0.164 e. The lowest BCUT2D eigenvalue weighted by atomic mass is 10.2. The Hall–Kier alpha value is -1.58. The van der Waals surface area contributed by atoms with Crippen LogP contribution in [0.5, 0.6) is 0 Å². The molecule has 0 amide bonds. The predicted octanol–water partition coefficient (Wildman–Crippen LogP) is 4.16. The highest BCUT2D eigenvalue weighted by atomic mass is 35.5. The number of aromatic nitrogens is 3. The first-order valence-corrected chi connectivity index (χ1v) is 7.27. The molecule has 0 radical (unpaired) electrons. The Kier molecular flexibility index (Phi) is 3.64. The fraction of sp³-hybridized carbons (Fsp3) is 0.200. The molecule has 20 heavy (non-hydrogen) atoms. The fourth-order valence-corrected chi connectivity index (χ4v) is 2.63. The molecule has 3 nitrogen and oxygen atoms in total. The average Bonchev–Trinajstić information content (AvgIpc) is 2.77. The van der Waals surface area contributed by atoms with Crippen molar-refractivity contribution in [1.29, 1.82) is 0 Å². The Morgan fingerprint density at radius 1 is 1.25 bits per heavy atom. The number of hydrogen-bond acceptors (Lipinski definition) is 2. The van der Waals surface area contributed by atoms with Crippen molar-refractivity contribution in [3.8, 4) is 5.69 Å². The van der Waals surface area contributed by atoms with E-state index in [-0.39, 0.29) is 0 Å². The molecule has 5 heteroatoms. The van der Waals surface area contributed by atoms with Crippen molar-refractivity contribution in [1.82, 2.24) is 14.5 Å². The van der Waals surface area contributed by atoms with Crippen molar-refractivity contribution in [3.63, 3.8) is 0 Å². The second-order valence-electron chi connectivity index (χ2n) is 4.59. The number of alkyl halides is 1. The predicted molar refractivity (Wildman–Crippen MR) is 83.0 cm³/mol. The lowest BCUT2D eigenvalue weighted by Crippen LogP contribution is -2.04. The van der Waals surface area contributed by atoms with Gasteiger partial charge in [-0.15, -0.1) is 11.6 Å². The first kappa shape index (κ1) is 13.4. The van der Waals surface area contributed by atoms with Gasteiger partial charge in [-0.05, 0) is 24.6 Å². The third-order valence-electron chi connectivity index (χ3n) is 3.21. The van der Waals surface area contributed by atoms with Crippen LogP contribution in [0.1, 0.15) is 11.4 Å². The molecule has 2 aromatic heterocycles. The molecule has 2 heterocycles. The van der Waals surface area contributed by atoms with Gasteiger partial charge in [0.15, 0.2) is 5.65 Å². The highest BCUT2D eigenvalue weighted by molar-refractivity contribution is 6.31. The Balaban J connectivity index is 2.32. The van der Waals surface area contributed by atoms with Crippen LogP contribution >= 0.6 is 23.2 Å². The van der Waals surface area contributed by atoms with Crippen molar-refractivity contribution < 1.29 is 0 Å². The summed E-state index contributed by atoms with van der Waals surface area (Å²) in [4.78, 5) is 9.04. The lowest BCUT2D eigenvalue weighted by molar-refractivity contribution is 0.900. The van der Waals surface area contributed by atoms with E-state index in [0.29, 0.717) is 17.3 Å². The van der Waals surface area contributed by atoms with Gasteiger partial charge in [-0.3, -0.25) is 4.57 Å². The Bertz CT molecular complexity index is 765. The van der Waals surface area contributed by atoms with Crippen LogP contribution < -0.4 is 0 Å². The number of rotatable bonds is 3. The van der Waals surface area contributed by atoms with Crippen LogP contribution in [0.3, 0.4) is 0 Å². The summed E-state index contributed by atoms with van der Waals surface area (Å²) in [6.07, 6.45) is 2.33. The van der Waals surface area contributed by atoms with Crippen molar-refractivity contribution in [2.45, 2.75) is 13.3 Å². The second kappa shape index (κ2) is 5.43. The summed E-state index contributed by atoms with van der Waals surface area (Å²) in [5, 5.41) is 0.587. The molecule has 0 N–H and O–H groups in total. The van der Waals surface area contributed by atoms with Crippen molar-refractivity contribution in [2.75, 3.05) is 5.88 Å². The zero-order valence-corrected chi connectivity index (χ0v) is 12.5. The largest absolute Gasteiger partial charge is 0.280 e. The number of hydrogen-bond donors (Lipinski definition) is 0. The maximum Gasteiger partial charge on any atom is 0.164 e. The molecule has 3 rings (SSSR count). The zero-order valence-electron chi connectivity index (χ0n) is 11.0. The van der Waals surface area contributed by atoms with Gasteiger partial charge in [0.05, 0.1) is 10.7 Å². The quantitative estimate of drug-likeness (QED) is 0.680. The summed E-state index contributed by atoms with van der Waals surface area (Å²) in [7, 11) is 0. The summed E-state index contributed by atoms with van der Waals surface area (Å²) >= 11 is 11.9. The first-order valence-electron chi connectivity index (χ1n) is 6.35. The highest BCUT2D eigenvalue weighted by Crippen LogP contribution is 2.24. The number of nitrogens with zero attached hydrogens (tertiary/aromatic N) is 3. The molecule has 0 bridgehead atoms. The van der Waals surface area contributed by atoms with Gasteiger partial charge in [-0.25, -0.2) is 9.97 Å². The number of aryl methyl sites for hydroxylation is 2. The normalized spacial score (nSPS) is 11.2. The van der Waals surface area contributed by atoms with E-state index >= 15 is 0 Å². The third kappa shape index (κ3) is 2.28. The molecule has 0 saturated heterocycles. The van der Waals surface area contributed by atoms with E-state index in [4.69, 9.17) is 23.2 Å². The minimum atomic E-state index is 0.517. The van der Waals surface area contributed by atoms with E-state index in [2.05, 4.69) is 33.6 Å². The molecule has 0 atom stereocenters. The first-order chi connectivity index (χ1) is 9.70. The van der Waals surface area contributed by atoms with Crippen LogP contribution in [0.15, 0.2) is 36.5 Å². The summed E-state index contributed by atoms with van der Waals surface area (Å²) in [6, 6.07) is 9.99. The van der Waals surface area contributed by atoms with Crippen LogP contribution in [-0.2, 0) is 6.42 Å². The topological polar surface area (TPSA) is 30.7 Å². The number of fused-ring (bicyclic) bond motifs is 1. The lowest BCUT2D eigenvalue weighted by Gasteiger charge is -2.10. The molecule has 0 spiro atoms. The van der Waals surface area contributed by atoms with E-state index < -0.39 is 0 Å². The number of imidazole rings is 1. The minimum Gasteiger partial charge on any atom is -0.280 e. The molecular weight excluding hydrogens is 293 g/mol. The van der Waals surface area contributed by atoms with Crippen LogP contribution in [0.4, 0.5) is 0 Å². The molecule has 0 unspecified atom stereocenters. The number of para-hydroxylation sites is 1. The molecule has 0 saturated carbocycles.